The topological polar surface area (TPSA) is 119 Å². The van der Waals surface area contributed by atoms with Crippen molar-refractivity contribution in [2.75, 3.05) is 19.4 Å². The Kier molecular flexibility index (Phi) is 15.4. The predicted molar refractivity (Wildman–Crippen MR) is 126 cm³/mol. The Balaban J connectivity index is 0.00000124. The standard InChI is InChI=1S/C18H18ClN5O.C2H7N.2CH2O/c1-3-13-4-6-16(7-5-13)25-17-8-15(23-12(2)24-17)11-22-18-20-9-14(19)10-21-18;1-3-2;2*1-2/h4-10H,3,11H2,1-2H3,(H,20,21,22);3H,1-2H3;2*1H2. The molecule has 0 saturated carbocycles. The SMILES string of the molecule is C=O.C=O.CCc1ccc(Oc2cc(CNc3ncc(Cl)cn3)nc(C)n2)cc1.CNC. The lowest BCUT2D eigenvalue weighted by molar-refractivity contribution is -0.0987. The number of nitrogens with one attached hydrogen (secondary N) is 2. The lowest BCUT2D eigenvalue weighted by atomic mass is 10.2. The molecule has 32 heavy (non-hydrogen) atoms. The Labute approximate surface area is 193 Å². The smallest absolute Gasteiger partial charge is 0.222 e. The Morgan fingerprint density at radius 3 is 2.09 bits per heavy atom. The number of hydrogen-bond acceptors (Lipinski definition) is 9. The lowest BCUT2D eigenvalue weighted by Crippen LogP contribution is -2.06. The average molecular weight is 461 g/mol. The van der Waals surface area contributed by atoms with Gasteiger partial charge in [0.05, 0.1) is 29.7 Å². The number of carbonyl (C=O) groups is 2. The van der Waals surface area contributed by atoms with Gasteiger partial charge in [0.25, 0.3) is 0 Å². The maximum Gasteiger partial charge on any atom is 0.222 e. The molecule has 0 aliphatic heterocycles. The number of halogens is 1. The molecule has 0 aliphatic rings. The molecule has 2 N–H and O–H groups in total. The van der Waals surface area contributed by atoms with Gasteiger partial charge in [0.1, 0.15) is 25.2 Å². The number of aryl methyl sites for hydroxylation is 2. The summed E-state index contributed by atoms with van der Waals surface area (Å²) in [5.41, 5.74) is 2.05. The molecule has 0 unspecified atom stereocenters. The van der Waals surface area contributed by atoms with Gasteiger partial charge in [0.2, 0.25) is 11.8 Å². The van der Waals surface area contributed by atoms with Gasteiger partial charge in [-0.1, -0.05) is 30.7 Å². The molecule has 1 aromatic carbocycles. The maximum absolute atomic E-state index is 8.00. The van der Waals surface area contributed by atoms with Crippen LogP contribution in [-0.2, 0) is 22.6 Å². The number of benzene rings is 1. The van der Waals surface area contributed by atoms with E-state index in [1.807, 2.05) is 58.9 Å². The summed E-state index contributed by atoms with van der Waals surface area (Å²) in [5.74, 6) is 2.37. The molecule has 0 radical (unpaired) electrons. The fourth-order valence-electron chi connectivity index (χ4n) is 2.23. The van der Waals surface area contributed by atoms with E-state index in [0.29, 0.717) is 29.2 Å². The third-order valence-corrected chi connectivity index (χ3v) is 3.66. The third-order valence-electron chi connectivity index (χ3n) is 3.47. The van der Waals surface area contributed by atoms with Crippen LogP contribution in [-0.4, -0.2) is 47.6 Å². The van der Waals surface area contributed by atoms with Crippen molar-refractivity contribution >= 4 is 31.1 Å². The van der Waals surface area contributed by atoms with E-state index in [4.69, 9.17) is 25.9 Å². The predicted octanol–water partition coefficient (Wildman–Crippen LogP) is 3.66. The molecular weight excluding hydrogens is 432 g/mol. The number of hydrogen-bond donors (Lipinski definition) is 2. The zero-order chi connectivity index (χ0) is 24.4. The van der Waals surface area contributed by atoms with Crippen LogP contribution in [0.2, 0.25) is 5.02 Å². The van der Waals surface area contributed by atoms with Gasteiger partial charge >= 0.3 is 0 Å². The average Bonchev–Trinajstić information content (AvgIpc) is 2.82. The number of rotatable bonds is 6. The summed E-state index contributed by atoms with van der Waals surface area (Å²) in [6, 6.07) is 9.77. The van der Waals surface area contributed by atoms with Crippen molar-refractivity contribution in [1.82, 2.24) is 25.3 Å². The minimum absolute atomic E-state index is 0.454. The largest absolute Gasteiger partial charge is 0.439 e. The van der Waals surface area contributed by atoms with E-state index in [2.05, 4.69) is 37.5 Å². The van der Waals surface area contributed by atoms with Crippen molar-refractivity contribution in [2.24, 2.45) is 0 Å². The first-order valence-electron chi connectivity index (χ1n) is 9.53. The summed E-state index contributed by atoms with van der Waals surface area (Å²) in [5, 5.41) is 6.34. The fraction of sp³-hybridized carbons (Fsp3) is 0.273. The zero-order valence-corrected chi connectivity index (χ0v) is 19.5. The van der Waals surface area contributed by atoms with E-state index in [0.717, 1.165) is 17.9 Å². The zero-order valence-electron chi connectivity index (χ0n) is 18.8. The fourth-order valence-corrected chi connectivity index (χ4v) is 2.33. The molecule has 0 amide bonds. The number of carbonyl (C=O) groups excluding carboxylic acids is 2. The molecule has 3 rings (SSSR count). The van der Waals surface area contributed by atoms with Gasteiger partial charge in [-0.2, -0.15) is 4.98 Å². The molecule has 0 spiro atoms. The minimum atomic E-state index is 0.454. The Morgan fingerprint density at radius 2 is 1.56 bits per heavy atom. The highest BCUT2D eigenvalue weighted by atomic mass is 35.5. The van der Waals surface area contributed by atoms with Gasteiger partial charge in [-0.05, 0) is 45.1 Å². The van der Waals surface area contributed by atoms with Gasteiger partial charge in [-0.15, -0.1) is 0 Å². The first kappa shape index (κ1) is 28.6. The van der Waals surface area contributed by atoms with Crippen LogP contribution < -0.4 is 15.4 Å². The minimum Gasteiger partial charge on any atom is -0.439 e. The second-order valence-corrected chi connectivity index (χ2v) is 6.36. The van der Waals surface area contributed by atoms with Crippen molar-refractivity contribution < 1.29 is 14.3 Å². The molecule has 0 saturated heterocycles. The third kappa shape index (κ3) is 11.1. The summed E-state index contributed by atoms with van der Waals surface area (Å²) in [6.45, 7) is 8.40. The van der Waals surface area contributed by atoms with E-state index in [1.165, 1.54) is 18.0 Å². The molecule has 0 fully saturated rings. The Morgan fingerprint density at radius 1 is 1.00 bits per heavy atom. The van der Waals surface area contributed by atoms with Crippen LogP contribution in [0.1, 0.15) is 24.0 Å². The van der Waals surface area contributed by atoms with E-state index >= 15 is 0 Å². The maximum atomic E-state index is 8.00. The number of ether oxygens (including phenoxy) is 1. The highest BCUT2D eigenvalue weighted by Gasteiger charge is 2.06. The van der Waals surface area contributed by atoms with Crippen LogP contribution in [0.25, 0.3) is 0 Å². The number of anilines is 1. The van der Waals surface area contributed by atoms with Crippen molar-refractivity contribution in [3.05, 3.63) is 64.8 Å². The van der Waals surface area contributed by atoms with Crippen LogP contribution >= 0.6 is 11.6 Å². The molecule has 0 bridgehead atoms. The highest BCUT2D eigenvalue weighted by molar-refractivity contribution is 6.30. The van der Waals surface area contributed by atoms with Crippen LogP contribution in [0.4, 0.5) is 5.95 Å². The summed E-state index contributed by atoms with van der Waals surface area (Å²) >= 11 is 5.78. The first-order chi connectivity index (χ1) is 15.5. The molecule has 2 heterocycles. The number of nitrogens with zero attached hydrogens (tertiary/aromatic N) is 4. The molecule has 172 valence electrons. The second-order valence-electron chi connectivity index (χ2n) is 5.92. The van der Waals surface area contributed by atoms with Crippen molar-refractivity contribution in [1.29, 1.82) is 0 Å². The molecule has 2 aromatic heterocycles. The van der Waals surface area contributed by atoms with Crippen LogP contribution in [0.5, 0.6) is 11.6 Å². The Hall–Kier alpha value is -3.43. The van der Waals surface area contributed by atoms with Gasteiger partial charge in [0.15, 0.2) is 0 Å². The normalized spacial score (nSPS) is 9.03. The highest BCUT2D eigenvalue weighted by Crippen LogP contribution is 2.21. The van der Waals surface area contributed by atoms with E-state index < -0.39 is 0 Å². The van der Waals surface area contributed by atoms with Gasteiger partial charge in [0, 0.05) is 6.07 Å². The van der Waals surface area contributed by atoms with Gasteiger partial charge in [-0.25, -0.2) is 15.0 Å². The van der Waals surface area contributed by atoms with Gasteiger partial charge < -0.3 is 25.0 Å². The van der Waals surface area contributed by atoms with Crippen molar-refractivity contribution in [3.8, 4) is 11.6 Å². The molecule has 0 atom stereocenters. The van der Waals surface area contributed by atoms with Crippen molar-refractivity contribution in [3.63, 3.8) is 0 Å². The molecule has 10 heteroatoms. The summed E-state index contributed by atoms with van der Waals surface area (Å²) in [7, 11) is 3.75. The van der Waals surface area contributed by atoms with E-state index in [-0.39, 0.29) is 0 Å². The summed E-state index contributed by atoms with van der Waals surface area (Å²) < 4.78 is 5.84. The summed E-state index contributed by atoms with van der Waals surface area (Å²) in [6.07, 6.45) is 4.07. The molecule has 3 aromatic rings. The van der Waals surface area contributed by atoms with Crippen LogP contribution in [0.3, 0.4) is 0 Å². The van der Waals surface area contributed by atoms with Gasteiger partial charge in [-0.3, -0.25) is 0 Å². The first-order valence-corrected chi connectivity index (χ1v) is 9.90. The number of aromatic nitrogens is 4. The van der Waals surface area contributed by atoms with Crippen molar-refractivity contribution in [2.45, 2.75) is 26.8 Å². The second kappa shape index (κ2) is 17.3. The van der Waals surface area contributed by atoms with Crippen LogP contribution in [0, 0.1) is 6.92 Å². The van der Waals surface area contributed by atoms with E-state index in [9.17, 15) is 0 Å². The Bertz CT molecular complexity index is 893. The summed E-state index contributed by atoms with van der Waals surface area (Å²) in [4.78, 5) is 32.9. The van der Waals surface area contributed by atoms with Crippen LogP contribution in [0.15, 0.2) is 42.7 Å². The molecule has 9 nitrogen and oxygen atoms in total. The quantitative estimate of drug-likeness (QED) is 0.567. The van der Waals surface area contributed by atoms with E-state index in [1.54, 1.807) is 6.07 Å². The molecule has 0 aliphatic carbocycles. The molecular formula is C22H29ClN6O3. The monoisotopic (exact) mass is 460 g/mol. The lowest BCUT2D eigenvalue weighted by Gasteiger charge is -2.09.